The first-order chi connectivity index (χ1) is 15.6. The molecule has 6 heteroatoms. The van der Waals surface area contributed by atoms with Crippen molar-refractivity contribution in [1.29, 1.82) is 0 Å². The largest absolute Gasteiger partial charge is 0.694 e. The molecule has 0 aliphatic rings. The molecule has 0 amide bonds. The van der Waals surface area contributed by atoms with Crippen molar-refractivity contribution < 1.29 is 18.7 Å². The van der Waals surface area contributed by atoms with E-state index >= 15 is 0 Å². The molecule has 3 unspecified atom stereocenters. The highest BCUT2D eigenvalue weighted by atomic mass is 32.2. The zero-order chi connectivity index (χ0) is 23.3. The van der Waals surface area contributed by atoms with Crippen LogP contribution in [0.1, 0.15) is 102 Å². The first-order valence-electron chi connectivity index (χ1n) is 12.7. The fourth-order valence-electron chi connectivity index (χ4n) is 3.89. The third-order valence-electron chi connectivity index (χ3n) is 5.83. The van der Waals surface area contributed by atoms with Gasteiger partial charge in [0.05, 0.1) is 6.10 Å². The third kappa shape index (κ3) is 17.1. The molecule has 32 heavy (non-hydrogen) atoms. The molecule has 0 aliphatic carbocycles. The number of hydrogen-bond acceptors (Lipinski definition) is 4. The minimum atomic E-state index is -2.48. The molecule has 184 valence electrons. The molecule has 0 heterocycles. The van der Waals surface area contributed by atoms with Gasteiger partial charge in [-0.25, -0.2) is 0 Å². The van der Waals surface area contributed by atoms with Crippen molar-refractivity contribution in [3.8, 4) is 0 Å². The highest BCUT2D eigenvalue weighted by Crippen LogP contribution is 2.27. The van der Waals surface area contributed by atoms with Crippen LogP contribution in [0, 0.1) is 0 Å². The first kappa shape index (κ1) is 29.6. The number of ether oxygens (including phenoxy) is 1. The maximum Gasteiger partial charge on any atom is 0.694 e. The molecule has 1 N–H and O–H groups in total. The van der Waals surface area contributed by atoms with Gasteiger partial charge in [0, 0.05) is 11.2 Å². The topological polar surface area (TPSA) is 55.8 Å². The van der Waals surface area contributed by atoms with E-state index in [0.717, 1.165) is 12.3 Å². The van der Waals surface area contributed by atoms with Crippen LogP contribution < -0.4 is 0 Å². The summed E-state index contributed by atoms with van der Waals surface area (Å²) in [6, 6.07) is 11.1. The van der Waals surface area contributed by atoms with E-state index in [2.05, 4.69) is 60.5 Å². The third-order valence-corrected chi connectivity index (χ3v) is 7.34. The number of benzene rings is 1. The number of rotatable bonds is 22. The van der Waals surface area contributed by atoms with Crippen molar-refractivity contribution in [2.24, 2.45) is 0 Å². The molecule has 0 saturated heterocycles. The Bertz CT molecular complexity index is 558. The van der Waals surface area contributed by atoms with Crippen LogP contribution in [0.3, 0.4) is 0 Å². The quantitative estimate of drug-likeness (QED) is 0.132. The van der Waals surface area contributed by atoms with Gasteiger partial charge in [-0.3, -0.25) is 0 Å². The second kappa shape index (κ2) is 21.1. The molecule has 0 radical (unpaired) electrons. The van der Waals surface area contributed by atoms with E-state index in [4.69, 9.17) is 9.63 Å². The average Bonchev–Trinajstić information content (AvgIpc) is 2.79. The molecule has 0 aliphatic heterocycles. The van der Waals surface area contributed by atoms with Crippen molar-refractivity contribution in [1.82, 2.24) is 0 Å². The average molecular weight is 486 g/mol. The Morgan fingerprint density at radius 3 is 2.31 bits per heavy atom. The molecule has 1 rings (SSSR count). The summed E-state index contributed by atoms with van der Waals surface area (Å²) in [5, 5.41) is 0. The summed E-state index contributed by atoms with van der Waals surface area (Å²) in [4.78, 5) is 8.55. The highest BCUT2D eigenvalue weighted by Gasteiger charge is 2.11. The molecular formula is C26H46O4PS+. The van der Waals surface area contributed by atoms with Gasteiger partial charge < -0.3 is 4.74 Å². The lowest BCUT2D eigenvalue weighted by atomic mass is 9.91. The molecule has 1 aromatic rings. The van der Waals surface area contributed by atoms with Crippen molar-refractivity contribution in [2.45, 2.75) is 103 Å². The van der Waals surface area contributed by atoms with Crippen molar-refractivity contribution in [3.63, 3.8) is 0 Å². The summed E-state index contributed by atoms with van der Waals surface area (Å²) in [6.07, 6.45) is 15.1. The van der Waals surface area contributed by atoms with Gasteiger partial charge in [-0.05, 0) is 62.0 Å². The van der Waals surface area contributed by atoms with Crippen LogP contribution in [0.15, 0.2) is 30.3 Å². The van der Waals surface area contributed by atoms with E-state index in [1.165, 1.54) is 81.3 Å². The van der Waals surface area contributed by atoms with Crippen LogP contribution in [0.2, 0.25) is 0 Å². The van der Waals surface area contributed by atoms with Crippen LogP contribution >= 0.6 is 20.0 Å². The van der Waals surface area contributed by atoms with Crippen LogP contribution in [-0.2, 0) is 13.8 Å². The zero-order valence-corrected chi connectivity index (χ0v) is 22.1. The monoisotopic (exact) mass is 485 g/mol. The summed E-state index contributed by atoms with van der Waals surface area (Å²) in [6.45, 7) is 5.26. The molecule has 0 bridgehead atoms. The fourth-order valence-corrected chi connectivity index (χ4v) is 5.24. The summed E-state index contributed by atoms with van der Waals surface area (Å²) >= 11 is 2.14. The van der Waals surface area contributed by atoms with Gasteiger partial charge in [-0.15, -0.1) is 9.42 Å². The minimum Gasteiger partial charge on any atom is -0.378 e. The van der Waals surface area contributed by atoms with E-state index in [1.807, 2.05) is 0 Å². The lowest BCUT2D eigenvalue weighted by Crippen LogP contribution is -2.10. The number of hydrogen-bond donors (Lipinski definition) is 1. The second-order valence-corrected chi connectivity index (χ2v) is 10.6. The summed E-state index contributed by atoms with van der Waals surface area (Å²) in [5.74, 6) is 3.31. The van der Waals surface area contributed by atoms with Crippen molar-refractivity contribution >= 4 is 20.0 Å². The number of thioether (sulfide) groups is 1. The summed E-state index contributed by atoms with van der Waals surface area (Å²) in [5.41, 5.74) is 1.52. The summed E-state index contributed by atoms with van der Waals surface area (Å²) < 4.78 is 20.7. The van der Waals surface area contributed by atoms with E-state index in [1.54, 1.807) is 0 Å². The zero-order valence-electron chi connectivity index (χ0n) is 20.4. The normalized spacial score (nSPS) is 13.8. The number of unbranched alkanes of at least 4 members (excludes halogenated alkanes) is 6. The molecule has 3 atom stereocenters. The van der Waals surface area contributed by atoms with Gasteiger partial charge in [0.1, 0.15) is 6.61 Å². The molecular weight excluding hydrogens is 439 g/mol. The fraction of sp³-hybridized carbons (Fsp3) is 0.769. The van der Waals surface area contributed by atoms with Gasteiger partial charge in [0.15, 0.2) is 0 Å². The van der Waals surface area contributed by atoms with Crippen LogP contribution in [0.4, 0.5) is 0 Å². The molecule has 1 aromatic carbocycles. The molecule has 0 saturated carbocycles. The first-order valence-corrected chi connectivity index (χ1v) is 14.9. The Morgan fingerprint density at radius 2 is 1.59 bits per heavy atom. The van der Waals surface area contributed by atoms with Gasteiger partial charge >= 0.3 is 8.25 Å². The molecule has 4 nitrogen and oxygen atoms in total. The van der Waals surface area contributed by atoms with E-state index in [0.29, 0.717) is 13.0 Å². The predicted molar refractivity (Wildman–Crippen MR) is 139 cm³/mol. The molecule has 0 spiro atoms. The van der Waals surface area contributed by atoms with Gasteiger partial charge in [-0.1, -0.05) is 82.2 Å². The second-order valence-electron chi connectivity index (χ2n) is 8.67. The lowest BCUT2D eigenvalue weighted by molar-refractivity contribution is 0.0505. The smallest absolute Gasteiger partial charge is 0.378 e. The standard InChI is InChI=1S/C26H45O4PS/c1-3-4-16-26(25-17-11-9-12-18-25)19-23-32-22-13-8-6-5-7-10-15-24(2)29-20-14-21-30-31(27)28/h9,11-12,17-18,24,26H,3-8,10,13-16,19-23H2,1-2H3/p+1. The van der Waals surface area contributed by atoms with Crippen LogP contribution in [0.25, 0.3) is 0 Å². The van der Waals surface area contributed by atoms with Gasteiger partial charge in [0.25, 0.3) is 0 Å². The van der Waals surface area contributed by atoms with E-state index in [-0.39, 0.29) is 12.7 Å². The Hall–Kier alpha value is -0.450. The molecule has 0 fully saturated rings. The van der Waals surface area contributed by atoms with Gasteiger partial charge in [0.2, 0.25) is 0 Å². The van der Waals surface area contributed by atoms with Crippen LogP contribution in [0.5, 0.6) is 0 Å². The van der Waals surface area contributed by atoms with E-state index in [9.17, 15) is 4.57 Å². The van der Waals surface area contributed by atoms with E-state index < -0.39 is 8.25 Å². The Morgan fingerprint density at radius 1 is 0.875 bits per heavy atom. The highest BCUT2D eigenvalue weighted by molar-refractivity contribution is 7.99. The minimum absolute atomic E-state index is 0.256. The maximum atomic E-state index is 10.4. The van der Waals surface area contributed by atoms with Crippen molar-refractivity contribution in [2.75, 3.05) is 24.7 Å². The molecule has 0 aromatic heterocycles. The van der Waals surface area contributed by atoms with Gasteiger partial charge in [-0.2, -0.15) is 11.8 Å². The summed E-state index contributed by atoms with van der Waals surface area (Å²) in [7, 11) is -2.48. The lowest BCUT2D eigenvalue weighted by Gasteiger charge is -2.17. The Kier molecular flexibility index (Phi) is 19.5. The predicted octanol–water partition coefficient (Wildman–Crippen LogP) is 8.28. The SMILES string of the molecule is CCCCC(CCSCCCCCCCCC(C)OCCCO[P+](=O)O)c1ccccc1. The Labute approximate surface area is 202 Å². The van der Waals surface area contributed by atoms with Crippen molar-refractivity contribution in [3.05, 3.63) is 35.9 Å². The maximum absolute atomic E-state index is 10.4. The van der Waals surface area contributed by atoms with Crippen LogP contribution in [-0.4, -0.2) is 35.7 Å². The Balaban J connectivity index is 1.92.